The number of aromatic nitrogens is 3. The van der Waals surface area contributed by atoms with Crippen LogP contribution in [0.15, 0.2) is 12.1 Å². The molecule has 0 unspecified atom stereocenters. The van der Waals surface area contributed by atoms with Gasteiger partial charge in [-0.05, 0) is 42.6 Å². The predicted octanol–water partition coefficient (Wildman–Crippen LogP) is 6.96. The van der Waals surface area contributed by atoms with E-state index in [1.165, 1.54) is 18.9 Å². The molecule has 0 fully saturated rings. The van der Waals surface area contributed by atoms with E-state index in [1.807, 2.05) is 35.5 Å². The quantitative estimate of drug-likeness (QED) is 0.0977. The average molecular weight is 666 g/mol. The molecule has 0 aliphatic heterocycles. The zero-order valence-corrected chi connectivity index (χ0v) is 30.5. The molecule has 244 valence electrons. The number of thioether (sulfide) groups is 1. The van der Waals surface area contributed by atoms with Gasteiger partial charge >= 0.3 is 5.97 Å². The van der Waals surface area contributed by atoms with Crippen molar-refractivity contribution in [3.05, 3.63) is 39.7 Å². The van der Waals surface area contributed by atoms with Crippen LogP contribution in [0.4, 0.5) is 0 Å². The number of carbonyl (C=O) groups is 2. The van der Waals surface area contributed by atoms with Crippen molar-refractivity contribution < 1.29 is 28.2 Å². The molecule has 0 saturated carbocycles. The van der Waals surface area contributed by atoms with Crippen molar-refractivity contribution in [3.8, 4) is 11.3 Å². The Bertz CT molecular complexity index is 1480. The number of methoxy groups -OCH3 is 2. The lowest BCUT2D eigenvalue weighted by Crippen LogP contribution is -2.41. The van der Waals surface area contributed by atoms with Gasteiger partial charge in [0.1, 0.15) is 5.69 Å². The first kappa shape index (κ1) is 36.3. The van der Waals surface area contributed by atoms with Crippen LogP contribution in [0.2, 0.25) is 23.2 Å². The summed E-state index contributed by atoms with van der Waals surface area (Å²) in [5.41, 5.74) is 5.55. The molecule has 0 saturated heterocycles. The van der Waals surface area contributed by atoms with Crippen LogP contribution in [0.25, 0.3) is 22.2 Å². The molecule has 12 heteroatoms. The van der Waals surface area contributed by atoms with Crippen LogP contribution >= 0.6 is 23.4 Å². The van der Waals surface area contributed by atoms with Gasteiger partial charge in [-0.25, -0.2) is 4.79 Å². The standard InChI is InChI=1S/C32H48ClN3O6SSi/c1-21(37)43-20-24-26(15-17-41-19-18-39-7)34-36(6)29(24)27-25(33)14-13-23-22(30(31(38)40-8)35(5)28(23)27)12-11-16-42-44(9,10)32(2,3)4/h13-14H,11-12,15-20H2,1-10H3. The first-order valence-electron chi connectivity index (χ1n) is 14.9. The summed E-state index contributed by atoms with van der Waals surface area (Å²) in [6.45, 7) is 14.8. The van der Waals surface area contributed by atoms with Gasteiger partial charge in [-0.2, -0.15) is 5.10 Å². The van der Waals surface area contributed by atoms with Crippen molar-refractivity contribution in [2.45, 2.75) is 70.8 Å². The van der Waals surface area contributed by atoms with Gasteiger partial charge in [0, 0.05) is 63.4 Å². The van der Waals surface area contributed by atoms with Crippen LogP contribution in [-0.4, -0.2) is 74.4 Å². The number of nitrogens with zero attached hydrogens (tertiary/aromatic N) is 3. The summed E-state index contributed by atoms with van der Waals surface area (Å²) in [6.07, 6.45) is 1.96. The first-order valence-corrected chi connectivity index (χ1v) is 19.2. The van der Waals surface area contributed by atoms with Gasteiger partial charge in [0.25, 0.3) is 0 Å². The van der Waals surface area contributed by atoms with Crippen molar-refractivity contribution in [1.29, 1.82) is 0 Å². The minimum absolute atomic E-state index is 0.0143. The Labute approximate surface area is 272 Å². The number of ether oxygens (including phenoxy) is 3. The molecule has 9 nitrogen and oxygen atoms in total. The van der Waals surface area contributed by atoms with Gasteiger partial charge in [0.05, 0.1) is 48.9 Å². The van der Waals surface area contributed by atoms with E-state index in [9.17, 15) is 9.59 Å². The molecule has 1 aromatic carbocycles. The van der Waals surface area contributed by atoms with Gasteiger partial charge in [0.15, 0.2) is 13.4 Å². The maximum Gasteiger partial charge on any atom is 0.354 e. The van der Waals surface area contributed by atoms with Crippen LogP contribution in [-0.2, 0) is 56.1 Å². The van der Waals surface area contributed by atoms with Crippen molar-refractivity contribution in [2.75, 3.05) is 40.6 Å². The van der Waals surface area contributed by atoms with E-state index in [1.54, 1.807) is 14.0 Å². The number of benzene rings is 1. The maximum atomic E-state index is 13.2. The van der Waals surface area contributed by atoms with Crippen LogP contribution in [0.3, 0.4) is 0 Å². The summed E-state index contributed by atoms with van der Waals surface area (Å²) < 4.78 is 26.2. The highest BCUT2D eigenvalue weighted by Crippen LogP contribution is 2.42. The summed E-state index contributed by atoms with van der Waals surface area (Å²) in [4.78, 5) is 25.3. The molecule has 0 N–H and O–H groups in total. The molecule has 0 aliphatic rings. The summed E-state index contributed by atoms with van der Waals surface area (Å²) in [5.74, 6) is 0.0298. The predicted molar refractivity (Wildman–Crippen MR) is 181 cm³/mol. The third-order valence-corrected chi connectivity index (χ3v) is 14.1. The number of carbonyl (C=O) groups excluding carboxylic acids is 2. The molecule has 3 aromatic rings. The second-order valence-electron chi connectivity index (χ2n) is 12.4. The molecular formula is C32H48ClN3O6SSi. The molecule has 0 amide bonds. The smallest absolute Gasteiger partial charge is 0.354 e. The van der Waals surface area contributed by atoms with Gasteiger partial charge < -0.3 is 23.2 Å². The van der Waals surface area contributed by atoms with Crippen LogP contribution in [0, 0.1) is 0 Å². The molecule has 0 atom stereocenters. The molecule has 0 bridgehead atoms. The Balaban J connectivity index is 2.13. The molecule has 2 heterocycles. The van der Waals surface area contributed by atoms with Crippen molar-refractivity contribution in [2.24, 2.45) is 14.1 Å². The second-order valence-corrected chi connectivity index (χ2v) is 18.8. The van der Waals surface area contributed by atoms with Crippen LogP contribution < -0.4 is 0 Å². The zero-order valence-electron chi connectivity index (χ0n) is 27.9. The molecule has 3 rings (SSSR count). The molecule has 0 radical (unpaired) electrons. The summed E-state index contributed by atoms with van der Waals surface area (Å²) in [7, 11) is 4.89. The van der Waals surface area contributed by atoms with E-state index in [4.69, 9.17) is 35.3 Å². The Hall–Kier alpha value is -2.15. The lowest BCUT2D eigenvalue weighted by molar-refractivity contribution is -0.109. The fourth-order valence-electron chi connectivity index (χ4n) is 5.10. The summed E-state index contributed by atoms with van der Waals surface area (Å²) >= 11 is 8.21. The fourth-order valence-corrected chi connectivity index (χ4v) is 7.08. The number of hydrogen-bond donors (Lipinski definition) is 0. The normalized spacial score (nSPS) is 12.3. The van der Waals surface area contributed by atoms with E-state index in [0.29, 0.717) is 55.7 Å². The van der Waals surface area contributed by atoms with E-state index < -0.39 is 14.3 Å². The van der Waals surface area contributed by atoms with Gasteiger partial charge in [-0.15, -0.1) is 0 Å². The zero-order chi connectivity index (χ0) is 32.8. The third kappa shape index (κ3) is 8.16. The number of halogens is 1. The second kappa shape index (κ2) is 15.4. The van der Waals surface area contributed by atoms with Gasteiger partial charge in [-0.1, -0.05) is 50.2 Å². The largest absolute Gasteiger partial charge is 0.464 e. The minimum atomic E-state index is -1.90. The minimum Gasteiger partial charge on any atom is -0.464 e. The summed E-state index contributed by atoms with van der Waals surface area (Å²) in [5, 5.41) is 6.44. The van der Waals surface area contributed by atoms with E-state index in [0.717, 1.165) is 45.4 Å². The van der Waals surface area contributed by atoms with E-state index in [-0.39, 0.29) is 10.2 Å². The lowest BCUT2D eigenvalue weighted by atomic mass is 10.00. The Morgan fingerprint density at radius 1 is 1.02 bits per heavy atom. The molecule has 0 aliphatic carbocycles. The fraction of sp³-hybridized carbons (Fsp3) is 0.594. The van der Waals surface area contributed by atoms with Crippen molar-refractivity contribution in [3.63, 3.8) is 0 Å². The van der Waals surface area contributed by atoms with Crippen molar-refractivity contribution in [1.82, 2.24) is 14.3 Å². The number of rotatable bonds is 15. The monoisotopic (exact) mass is 665 g/mol. The number of hydrogen-bond acceptors (Lipinski definition) is 8. The Morgan fingerprint density at radius 2 is 1.73 bits per heavy atom. The molecule has 44 heavy (non-hydrogen) atoms. The van der Waals surface area contributed by atoms with Crippen molar-refractivity contribution >= 4 is 53.7 Å². The third-order valence-electron chi connectivity index (χ3n) is 8.43. The maximum absolute atomic E-state index is 13.2. The highest BCUT2D eigenvalue weighted by Gasteiger charge is 2.37. The number of esters is 1. The highest BCUT2D eigenvalue weighted by atomic mass is 35.5. The Kier molecular flexibility index (Phi) is 12.7. The molecular weight excluding hydrogens is 618 g/mol. The molecule has 2 aromatic heterocycles. The van der Waals surface area contributed by atoms with Crippen LogP contribution in [0.5, 0.6) is 0 Å². The van der Waals surface area contributed by atoms with E-state index >= 15 is 0 Å². The summed E-state index contributed by atoms with van der Waals surface area (Å²) in [6, 6.07) is 3.85. The first-order chi connectivity index (χ1) is 20.7. The Morgan fingerprint density at radius 3 is 2.34 bits per heavy atom. The van der Waals surface area contributed by atoms with Crippen LogP contribution in [0.1, 0.15) is 61.4 Å². The van der Waals surface area contributed by atoms with E-state index in [2.05, 4.69) is 33.9 Å². The van der Waals surface area contributed by atoms with Gasteiger partial charge in [-0.3, -0.25) is 9.48 Å². The topological polar surface area (TPSA) is 93.8 Å². The van der Waals surface area contributed by atoms with Gasteiger partial charge in [0.2, 0.25) is 0 Å². The highest BCUT2D eigenvalue weighted by molar-refractivity contribution is 8.12. The SMILES string of the molecule is COCCOCCc1nn(C)c(-c2c(Cl)ccc3c(CCCO[Si](C)(C)C(C)(C)C)c(C(=O)OC)n(C)c23)c1CSC(C)=O. The number of aryl methyl sites for hydroxylation is 3. The molecule has 0 spiro atoms. The average Bonchev–Trinajstić information content (AvgIpc) is 3.41. The lowest BCUT2D eigenvalue weighted by Gasteiger charge is -2.36. The number of fused-ring (bicyclic) bond motifs is 1.